The Hall–Kier alpha value is -2.61. The Morgan fingerprint density at radius 1 is 1.11 bits per heavy atom. The van der Waals surface area contributed by atoms with Crippen LogP contribution in [0.3, 0.4) is 0 Å². The molecule has 27 heavy (non-hydrogen) atoms. The molecule has 1 aromatic heterocycles. The molecule has 0 spiro atoms. The van der Waals surface area contributed by atoms with E-state index in [0.29, 0.717) is 16.9 Å². The van der Waals surface area contributed by atoms with Gasteiger partial charge in [-0.15, -0.1) is 0 Å². The summed E-state index contributed by atoms with van der Waals surface area (Å²) in [6.45, 7) is 6.69. The van der Waals surface area contributed by atoms with Gasteiger partial charge in [0.1, 0.15) is 5.69 Å². The lowest BCUT2D eigenvalue weighted by atomic mass is 10.1. The Balaban J connectivity index is 2.02. The maximum atomic E-state index is 12.4. The number of esters is 2. The lowest BCUT2D eigenvalue weighted by molar-refractivity contribution is -0.119. The number of aromatic nitrogens is 1. The van der Waals surface area contributed by atoms with E-state index in [1.807, 2.05) is 13.0 Å². The van der Waals surface area contributed by atoms with Gasteiger partial charge < -0.3 is 19.8 Å². The molecular formula is C19H21BrN2O5. The van der Waals surface area contributed by atoms with Crippen molar-refractivity contribution in [1.82, 2.24) is 4.98 Å². The van der Waals surface area contributed by atoms with Crippen molar-refractivity contribution >= 4 is 39.5 Å². The zero-order chi connectivity index (χ0) is 20.1. The lowest BCUT2D eigenvalue weighted by Crippen LogP contribution is -2.21. The molecule has 0 radical (unpaired) electrons. The topological polar surface area (TPSA) is 97.5 Å². The predicted molar refractivity (Wildman–Crippen MR) is 104 cm³/mol. The maximum Gasteiger partial charge on any atom is 0.355 e. The van der Waals surface area contributed by atoms with Gasteiger partial charge >= 0.3 is 11.9 Å². The second-order valence-corrected chi connectivity index (χ2v) is 6.79. The highest BCUT2D eigenvalue weighted by molar-refractivity contribution is 9.10. The number of anilines is 1. The average molecular weight is 437 g/mol. The Morgan fingerprint density at radius 2 is 1.81 bits per heavy atom. The molecule has 0 fully saturated rings. The summed E-state index contributed by atoms with van der Waals surface area (Å²) in [5, 5.41) is 2.66. The molecule has 7 nitrogen and oxygen atoms in total. The molecule has 8 heteroatoms. The van der Waals surface area contributed by atoms with Crippen molar-refractivity contribution in [3.05, 3.63) is 50.8 Å². The van der Waals surface area contributed by atoms with Crippen molar-refractivity contribution in [2.75, 3.05) is 18.5 Å². The van der Waals surface area contributed by atoms with Crippen molar-refractivity contribution in [1.29, 1.82) is 0 Å². The average Bonchev–Trinajstić information content (AvgIpc) is 2.91. The number of aryl methyl sites for hydroxylation is 2. The number of H-pyrrole nitrogens is 1. The summed E-state index contributed by atoms with van der Waals surface area (Å²) < 4.78 is 10.9. The number of carbonyl (C=O) groups is 3. The highest BCUT2D eigenvalue weighted by atomic mass is 79.9. The molecule has 1 amide bonds. The van der Waals surface area contributed by atoms with E-state index in [1.165, 1.54) is 0 Å². The van der Waals surface area contributed by atoms with E-state index in [0.717, 1.165) is 10.0 Å². The van der Waals surface area contributed by atoms with Gasteiger partial charge in [0.05, 0.1) is 12.2 Å². The van der Waals surface area contributed by atoms with Crippen molar-refractivity contribution < 1.29 is 23.9 Å². The molecule has 1 aromatic carbocycles. The molecule has 0 bridgehead atoms. The number of hydrogen-bond donors (Lipinski definition) is 2. The van der Waals surface area contributed by atoms with E-state index in [1.54, 1.807) is 32.9 Å². The van der Waals surface area contributed by atoms with Gasteiger partial charge in [-0.2, -0.15) is 0 Å². The first-order chi connectivity index (χ1) is 12.7. The second-order valence-electron chi connectivity index (χ2n) is 5.93. The molecular weight excluding hydrogens is 416 g/mol. The van der Waals surface area contributed by atoms with Gasteiger partial charge in [0.25, 0.3) is 5.91 Å². The van der Waals surface area contributed by atoms with Crippen molar-refractivity contribution in [3.63, 3.8) is 0 Å². The van der Waals surface area contributed by atoms with Crippen LogP contribution < -0.4 is 5.32 Å². The van der Waals surface area contributed by atoms with Crippen LogP contribution in [0.2, 0.25) is 0 Å². The fourth-order valence-corrected chi connectivity index (χ4v) is 2.91. The van der Waals surface area contributed by atoms with Gasteiger partial charge in [0, 0.05) is 15.9 Å². The summed E-state index contributed by atoms with van der Waals surface area (Å²) in [6, 6.07) is 5.38. The third kappa shape index (κ3) is 4.97. The molecule has 2 rings (SSSR count). The Labute approximate surface area is 165 Å². The third-order valence-corrected chi connectivity index (χ3v) is 4.77. The summed E-state index contributed by atoms with van der Waals surface area (Å²) in [6.07, 6.45) is 0. The van der Waals surface area contributed by atoms with E-state index < -0.39 is 24.5 Å². The molecule has 0 unspecified atom stereocenters. The summed E-state index contributed by atoms with van der Waals surface area (Å²) in [5.74, 6) is -1.69. The van der Waals surface area contributed by atoms with Gasteiger partial charge in [-0.25, -0.2) is 9.59 Å². The Morgan fingerprint density at radius 3 is 2.44 bits per heavy atom. The van der Waals surface area contributed by atoms with Gasteiger partial charge in [0.15, 0.2) is 6.61 Å². The first-order valence-corrected chi connectivity index (χ1v) is 9.13. The second kappa shape index (κ2) is 8.85. The zero-order valence-corrected chi connectivity index (χ0v) is 17.2. The fraction of sp³-hybridized carbons (Fsp3) is 0.316. The number of amides is 1. The third-order valence-electron chi connectivity index (χ3n) is 3.91. The number of nitrogens with one attached hydrogen (secondary N) is 2. The van der Waals surface area contributed by atoms with Crippen LogP contribution >= 0.6 is 15.9 Å². The van der Waals surface area contributed by atoms with E-state index >= 15 is 0 Å². The number of hydrogen-bond acceptors (Lipinski definition) is 5. The number of carbonyl (C=O) groups excluding carboxylic acids is 3. The Kier molecular flexibility index (Phi) is 6.79. The smallest absolute Gasteiger partial charge is 0.355 e. The lowest BCUT2D eigenvalue weighted by Gasteiger charge is -2.08. The summed E-state index contributed by atoms with van der Waals surface area (Å²) >= 11 is 3.39. The summed E-state index contributed by atoms with van der Waals surface area (Å²) in [4.78, 5) is 39.1. The quantitative estimate of drug-likeness (QED) is 0.673. The van der Waals surface area contributed by atoms with Crippen LogP contribution in [0.15, 0.2) is 22.7 Å². The molecule has 2 N–H and O–H groups in total. The molecule has 0 saturated carbocycles. The van der Waals surface area contributed by atoms with Gasteiger partial charge in [-0.1, -0.05) is 22.0 Å². The number of benzene rings is 1. The van der Waals surface area contributed by atoms with Crippen LogP contribution in [0.5, 0.6) is 0 Å². The highest BCUT2D eigenvalue weighted by Gasteiger charge is 2.24. The van der Waals surface area contributed by atoms with Crippen LogP contribution in [-0.2, 0) is 14.3 Å². The molecule has 0 aliphatic heterocycles. The minimum absolute atomic E-state index is 0.204. The first-order valence-electron chi connectivity index (χ1n) is 8.34. The van der Waals surface area contributed by atoms with E-state index in [4.69, 9.17) is 9.47 Å². The number of rotatable bonds is 6. The largest absolute Gasteiger partial charge is 0.461 e. The molecule has 0 atom stereocenters. The van der Waals surface area contributed by atoms with Crippen LogP contribution in [0, 0.1) is 20.8 Å². The number of halogens is 1. The molecule has 144 valence electrons. The summed E-state index contributed by atoms with van der Waals surface area (Å²) in [5.41, 5.74) is 2.96. The molecule has 0 aliphatic rings. The van der Waals surface area contributed by atoms with Gasteiger partial charge in [-0.3, -0.25) is 4.79 Å². The fourth-order valence-electron chi connectivity index (χ4n) is 2.53. The molecule has 1 heterocycles. The molecule has 2 aromatic rings. The Bertz CT molecular complexity index is 888. The van der Waals surface area contributed by atoms with Crippen LogP contribution in [0.4, 0.5) is 5.69 Å². The number of aromatic amines is 1. The van der Waals surface area contributed by atoms with E-state index in [-0.39, 0.29) is 17.9 Å². The normalized spacial score (nSPS) is 10.4. The minimum Gasteiger partial charge on any atom is -0.461 e. The van der Waals surface area contributed by atoms with Crippen molar-refractivity contribution in [2.24, 2.45) is 0 Å². The van der Waals surface area contributed by atoms with E-state index in [2.05, 4.69) is 26.2 Å². The summed E-state index contributed by atoms with van der Waals surface area (Å²) in [7, 11) is 0. The van der Waals surface area contributed by atoms with Crippen LogP contribution in [-0.4, -0.2) is 36.0 Å². The monoisotopic (exact) mass is 436 g/mol. The van der Waals surface area contributed by atoms with Crippen LogP contribution in [0.25, 0.3) is 0 Å². The minimum atomic E-state index is -0.683. The van der Waals surface area contributed by atoms with E-state index in [9.17, 15) is 14.4 Å². The standard InChI is InChI=1S/C19H21BrN2O5/c1-5-26-19(25)17-11(3)16(12(4)21-17)18(24)27-9-15(23)22-13-7-6-10(2)14(20)8-13/h6-8,21H,5,9H2,1-4H3,(H,22,23). The highest BCUT2D eigenvalue weighted by Crippen LogP contribution is 2.21. The van der Waals surface area contributed by atoms with Crippen LogP contribution in [0.1, 0.15) is 44.6 Å². The molecule has 0 aliphatic carbocycles. The van der Waals surface area contributed by atoms with Gasteiger partial charge in [0.2, 0.25) is 0 Å². The zero-order valence-electron chi connectivity index (χ0n) is 15.6. The number of ether oxygens (including phenoxy) is 2. The SMILES string of the molecule is CCOC(=O)c1[nH]c(C)c(C(=O)OCC(=O)Nc2ccc(C)c(Br)c2)c1C. The van der Waals surface area contributed by atoms with Crippen molar-refractivity contribution in [2.45, 2.75) is 27.7 Å². The van der Waals surface area contributed by atoms with Gasteiger partial charge in [-0.05, 0) is 51.0 Å². The molecule has 0 saturated heterocycles. The predicted octanol–water partition coefficient (Wildman–Crippen LogP) is 3.67. The van der Waals surface area contributed by atoms with Crippen molar-refractivity contribution in [3.8, 4) is 0 Å². The maximum absolute atomic E-state index is 12.4. The first kappa shape index (κ1) is 20.7.